The van der Waals surface area contributed by atoms with Crippen molar-refractivity contribution in [3.05, 3.63) is 76.8 Å². The van der Waals surface area contributed by atoms with Gasteiger partial charge >= 0.3 is 0 Å². The summed E-state index contributed by atoms with van der Waals surface area (Å²) in [6.07, 6.45) is 3.90. The molecular weight excluding hydrogens is 563 g/mol. The molecule has 2 aliphatic rings. The molecule has 2 atom stereocenters. The van der Waals surface area contributed by atoms with E-state index < -0.39 is 46.6 Å². The first-order valence-electron chi connectivity index (χ1n) is 13.9. The molecule has 43 heavy (non-hydrogen) atoms. The lowest BCUT2D eigenvalue weighted by molar-refractivity contribution is -0.119. The standard InChI is InChI=1S/C30H30F3N7O3/c1-14(2)40-21(7-10-35-40)28(41)37-26(24-23-18(31)5-6-19(32)27(23)43-13-30(24)8-9-30)29(42)36-17-11-20(33)25(34-12-17)22-15(3)38-39-16(22)4/h5-7,10-12,14,24,26H,8-9,13H2,1-4H3,(H,36,42)(H,37,41)(H,38,39)/t24?,26-/m0/s1. The Labute approximate surface area is 245 Å². The molecule has 1 aliphatic heterocycles. The number of halogens is 3. The largest absolute Gasteiger partial charge is 0.489 e. The Hall–Kier alpha value is -4.68. The van der Waals surface area contributed by atoms with Crippen LogP contribution >= 0.6 is 0 Å². The number of anilines is 1. The summed E-state index contributed by atoms with van der Waals surface area (Å²) in [5.41, 5.74) is 1.14. The van der Waals surface area contributed by atoms with Crippen LogP contribution in [0.15, 0.2) is 36.7 Å². The molecular formula is C30H30F3N7O3. The number of carbonyl (C=O) groups is 2. The molecule has 10 nitrogen and oxygen atoms in total. The molecule has 1 saturated carbocycles. The van der Waals surface area contributed by atoms with Crippen molar-refractivity contribution in [2.75, 3.05) is 11.9 Å². The summed E-state index contributed by atoms with van der Waals surface area (Å²) in [5.74, 6) is -4.86. The minimum absolute atomic E-state index is 0.0216. The number of nitrogens with one attached hydrogen (secondary N) is 3. The van der Waals surface area contributed by atoms with Gasteiger partial charge in [0.25, 0.3) is 5.91 Å². The highest BCUT2D eigenvalue weighted by atomic mass is 19.1. The van der Waals surface area contributed by atoms with Gasteiger partial charge in [-0.1, -0.05) is 0 Å². The van der Waals surface area contributed by atoms with Gasteiger partial charge in [0.1, 0.15) is 23.2 Å². The van der Waals surface area contributed by atoms with E-state index in [1.807, 2.05) is 13.8 Å². The molecule has 1 aliphatic carbocycles. The van der Waals surface area contributed by atoms with Gasteiger partial charge in [0.2, 0.25) is 5.91 Å². The summed E-state index contributed by atoms with van der Waals surface area (Å²) in [6.45, 7) is 7.19. The number of aromatic amines is 1. The van der Waals surface area contributed by atoms with E-state index in [0.717, 1.165) is 18.2 Å². The van der Waals surface area contributed by atoms with Gasteiger partial charge in [0.15, 0.2) is 17.4 Å². The summed E-state index contributed by atoms with van der Waals surface area (Å²) >= 11 is 0. The van der Waals surface area contributed by atoms with Crippen molar-refractivity contribution in [3.8, 4) is 17.0 Å². The first-order valence-corrected chi connectivity index (χ1v) is 13.9. The third-order valence-electron chi connectivity index (χ3n) is 8.23. The molecule has 1 aromatic carbocycles. The van der Waals surface area contributed by atoms with Crippen LogP contribution in [-0.4, -0.2) is 49.4 Å². The minimum Gasteiger partial charge on any atom is -0.489 e. The van der Waals surface area contributed by atoms with Crippen molar-refractivity contribution >= 4 is 17.5 Å². The average molecular weight is 594 g/mol. The lowest BCUT2D eigenvalue weighted by Gasteiger charge is -2.38. The van der Waals surface area contributed by atoms with Crippen LogP contribution in [-0.2, 0) is 4.79 Å². The second-order valence-electron chi connectivity index (χ2n) is 11.5. The second-order valence-corrected chi connectivity index (χ2v) is 11.5. The molecule has 4 aromatic rings. The molecule has 1 spiro atoms. The Morgan fingerprint density at radius 3 is 2.51 bits per heavy atom. The summed E-state index contributed by atoms with van der Waals surface area (Å²) in [7, 11) is 0. The number of amides is 2. The molecule has 1 unspecified atom stereocenters. The number of H-pyrrole nitrogens is 1. The van der Waals surface area contributed by atoms with Crippen LogP contribution in [0.25, 0.3) is 11.3 Å². The van der Waals surface area contributed by atoms with Crippen molar-refractivity contribution in [2.45, 2.75) is 58.5 Å². The van der Waals surface area contributed by atoms with E-state index in [4.69, 9.17) is 4.74 Å². The van der Waals surface area contributed by atoms with Crippen LogP contribution in [0.5, 0.6) is 5.75 Å². The van der Waals surface area contributed by atoms with Gasteiger partial charge in [-0.2, -0.15) is 10.2 Å². The van der Waals surface area contributed by atoms with Gasteiger partial charge in [-0.25, -0.2) is 13.2 Å². The quantitative estimate of drug-likeness (QED) is 0.278. The normalized spacial score (nSPS) is 17.3. The third-order valence-corrected chi connectivity index (χ3v) is 8.23. The predicted molar refractivity (Wildman–Crippen MR) is 150 cm³/mol. The summed E-state index contributed by atoms with van der Waals surface area (Å²) in [4.78, 5) is 31.8. The molecule has 0 bridgehead atoms. The van der Waals surface area contributed by atoms with Gasteiger partial charge < -0.3 is 15.4 Å². The highest BCUT2D eigenvalue weighted by Gasteiger charge is 2.59. The Balaban J connectivity index is 1.39. The maximum Gasteiger partial charge on any atom is 0.270 e. The molecule has 2 amide bonds. The second kappa shape index (κ2) is 10.5. The fourth-order valence-electron chi connectivity index (χ4n) is 5.96. The average Bonchev–Trinajstić information content (AvgIpc) is 3.39. The van der Waals surface area contributed by atoms with Crippen LogP contribution in [0.1, 0.15) is 66.1 Å². The van der Waals surface area contributed by atoms with Crippen LogP contribution in [0.4, 0.5) is 18.9 Å². The maximum absolute atomic E-state index is 15.4. The fraction of sp³-hybridized carbons (Fsp3) is 0.367. The van der Waals surface area contributed by atoms with E-state index in [0.29, 0.717) is 29.8 Å². The SMILES string of the molecule is Cc1n[nH]c(C)c1-c1ncc(NC(=O)[C@@H](NC(=O)c2ccnn2C(C)C)C2c3c(F)ccc(F)c3OCC23CC3)cc1F. The Morgan fingerprint density at radius 2 is 1.86 bits per heavy atom. The zero-order valence-corrected chi connectivity index (χ0v) is 24.0. The van der Waals surface area contributed by atoms with Crippen molar-refractivity contribution < 1.29 is 27.5 Å². The van der Waals surface area contributed by atoms with Crippen molar-refractivity contribution in [3.63, 3.8) is 0 Å². The van der Waals surface area contributed by atoms with E-state index >= 15 is 8.78 Å². The van der Waals surface area contributed by atoms with Gasteiger partial charge in [-0.15, -0.1) is 0 Å². The number of hydrogen-bond donors (Lipinski definition) is 3. The van der Waals surface area contributed by atoms with E-state index in [1.54, 1.807) is 13.8 Å². The van der Waals surface area contributed by atoms with E-state index in [2.05, 4.69) is 30.9 Å². The van der Waals surface area contributed by atoms with E-state index in [1.165, 1.54) is 23.1 Å². The number of pyridine rings is 1. The number of rotatable bonds is 7. The monoisotopic (exact) mass is 593 g/mol. The number of hydrogen-bond acceptors (Lipinski definition) is 6. The zero-order chi connectivity index (χ0) is 30.6. The van der Waals surface area contributed by atoms with Crippen molar-refractivity contribution in [2.24, 2.45) is 5.41 Å². The molecule has 6 rings (SSSR count). The highest BCUT2D eigenvalue weighted by molar-refractivity contribution is 6.01. The number of benzene rings is 1. The number of ether oxygens (including phenoxy) is 1. The van der Waals surface area contributed by atoms with Crippen molar-refractivity contribution in [1.29, 1.82) is 0 Å². The fourth-order valence-corrected chi connectivity index (χ4v) is 5.96. The Morgan fingerprint density at radius 1 is 1.12 bits per heavy atom. The molecule has 0 radical (unpaired) electrons. The zero-order valence-electron chi connectivity index (χ0n) is 24.0. The third kappa shape index (κ3) is 4.92. The smallest absolute Gasteiger partial charge is 0.270 e. The Kier molecular flexibility index (Phi) is 6.98. The Bertz CT molecular complexity index is 1730. The lowest BCUT2D eigenvalue weighted by Crippen LogP contribution is -2.52. The van der Waals surface area contributed by atoms with Crippen molar-refractivity contribution in [1.82, 2.24) is 30.3 Å². The number of nitrogens with zero attached hydrogens (tertiary/aromatic N) is 4. The molecule has 3 N–H and O–H groups in total. The van der Waals surface area contributed by atoms with Gasteiger partial charge in [0, 0.05) is 46.5 Å². The molecule has 4 heterocycles. The van der Waals surface area contributed by atoms with Gasteiger partial charge in [-0.05, 0) is 58.7 Å². The summed E-state index contributed by atoms with van der Waals surface area (Å²) in [5, 5.41) is 16.5. The lowest BCUT2D eigenvalue weighted by atomic mass is 9.75. The minimum atomic E-state index is -1.38. The van der Waals surface area contributed by atoms with E-state index in [9.17, 15) is 14.0 Å². The first-order chi connectivity index (χ1) is 20.5. The number of aryl methyl sites for hydroxylation is 2. The van der Waals surface area contributed by atoms with Crippen LogP contribution in [0.2, 0.25) is 0 Å². The highest BCUT2D eigenvalue weighted by Crippen LogP contribution is 2.62. The van der Waals surface area contributed by atoms with Gasteiger partial charge in [-0.3, -0.25) is 24.4 Å². The number of carbonyl (C=O) groups excluding carboxylic acids is 2. The predicted octanol–water partition coefficient (Wildman–Crippen LogP) is 4.98. The van der Waals surface area contributed by atoms with Crippen LogP contribution in [0.3, 0.4) is 0 Å². The van der Waals surface area contributed by atoms with Crippen LogP contribution < -0.4 is 15.4 Å². The molecule has 3 aromatic heterocycles. The molecule has 0 saturated heterocycles. The van der Waals surface area contributed by atoms with Gasteiger partial charge in [0.05, 0.1) is 24.2 Å². The summed E-state index contributed by atoms with van der Waals surface area (Å²) in [6, 6.07) is 3.02. The topological polar surface area (TPSA) is 127 Å². The molecule has 13 heteroatoms. The van der Waals surface area contributed by atoms with E-state index in [-0.39, 0.29) is 41.0 Å². The maximum atomic E-state index is 15.4. The molecule has 1 fully saturated rings. The first kappa shape index (κ1) is 28.4. The molecule has 224 valence electrons. The summed E-state index contributed by atoms with van der Waals surface area (Å²) < 4.78 is 52.7. The number of fused-ring (bicyclic) bond motifs is 1. The number of aromatic nitrogens is 5. The van der Waals surface area contributed by atoms with Crippen LogP contribution in [0, 0.1) is 36.7 Å².